The third-order valence-corrected chi connectivity index (χ3v) is 2.71. The maximum Gasteiger partial charge on any atom is 0.239 e. The number of hydrogen-bond acceptors (Lipinski definition) is 5. The molecule has 0 saturated heterocycles. The van der Waals surface area contributed by atoms with Crippen molar-refractivity contribution in [2.75, 3.05) is 45.9 Å². The highest BCUT2D eigenvalue weighted by Crippen LogP contribution is 1.95. The molecule has 0 heterocycles. The van der Waals surface area contributed by atoms with Gasteiger partial charge in [-0.05, 0) is 20.8 Å². The van der Waals surface area contributed by atoms with Gasteiger partial charge in [-0.3, -0.25) is 14.5 Å². The summed E-state index contributed by atoms with van der Waals surface area (Å²) in [6.07, 6.45) is 0. The highest BCUT2D eigenvalue weighted by atomic mass is 16.3. The summed E-state index contributed by atoms with van der Waals surface area (Å²) < 4.78 is 0. The fraction of sp³-hybridized carbons (Fsp3) is 0.846. The van der Waals surface area contributed by atoms with E-state index in [1.54, 1.807) is 4.90 Å². The Morgan fingerprint density at radius 1 is 1.10 bits per heavy atom. The quantitative estimate of drug-likeness (QED) is 0.462. The molecule has 0 unspecified atom stereocenters. The number of likely N-dealkylation sites (N-methyl/N-ethyl adjacent to an activating group) is 1. The van der Waals surface area contributed by atoms with Crippen molar-refractivity contribution in [3.8, 4) is 0 Å². The van der Waals surface area contributed by atoms with Gasteiger partial charge in [0.2, 0.25) is 11.8 Å². The molecule has 0 radical (unpaired) electrons. The zero-order chi connectivity index (χ0) is 15.5. The maximum absolute atomic E-state index is 12.1. The summed E-state index contributed by atoms with van der Waals surface area (Å²) in [5.74, 6) is -0.376. The summed E-state index contributed by atoms with van der Waals surface area (Å²) in [5, 5.41) is 20.5. The first kappa shape index (κ1) is 18.8. The Labute approximate surface area is 120 Å². The van der Waals surface area contributed by atoms with Gasteiger partial charge in [-0.25, -0.2) is 0 Å². The van der Waals surface area contributed by atoms with Gasteiger partial charge in [0.05, 0.1) is 26.3 Å². The number of nitrogens with one attached hydrogen (secondary N) is 1. The van der Waals surface area contributed by atoms with Crippen molar-refractivity contribution in [1.29, 1.82) is 0 Å². The van der Waals surface area contributed by atoms with Crippen LogP contribution < -0.4 is 5.32 Å². The lowest BCUT2D eigenvalue weighted by atomic mass is 10.3. The average molecular weight is 289 g/mol. The fourth-order valence-electron chi connectivity index (χ4n) is 1.76. The van der Waals surface area contributed by atoms with Gasteiger partial charge >= 0.3 is 0 Å². The van der Waals surface area contributed by atoms with E-state index in [4.69, 9.17) is 10.2 Å². The minimum absolute atomic E-state index is 0.0274. The van der Waals surface area contributed by atoms with Crippen LogP contribution in [0.3, 0.4) is 0 Å². The predicted molar refractivity (Wildman–Crippen MR) is 76.1 cm³/mol. The average Bonchev–Trinajstić information content (AvgIpc) is 2.35. The summed E-state index contributed by atoms with van der Waals surface area (Å²) in [7, 11) is 0. The Bertz CT molecular complexity index is 291. The van der Waals surface area contributed by atoms with E-state index in [1.165, 1.54) is 4.90 Å². The van der Waals surface area contributed by atoms with Crippen LogP contribution in [0.2, 0.25) is 0 Å². The van der Waals surface area contributed by atoms with Gasteiger partial charge in [-0.15, -0.1) is 0 Å². The first-order valence-corrected chi connectivity index (χ1v) is 6.95. The molecule has 0 bridgehead atoms. The molecule has 0 saturated carbocycles. The van der Waals surface area contributed by atoms with E-state index >= 15 is 0 Å². The molecule has 0 aromatic carbocycles. The number of aliphatic hydroxyl groups is 2. The molecule has 7 nitrogen and oxygen atoms in total. The van der Waals surface area contributed by atoms with Crippen molar-refractivity contribution in [1.82, 2.24) is 15.1 Å². The van der Waals surface area contributed by atoms with Crippen molar-refractivity contribution in [2.45, 2.75) is 26.8 Å². The van der Waals surface area contributed by atoms with E-state index in [0.717, 1.165) is 0 Å². The Morgan fingerprint density at radius 2 is 1.65 bits per heavy atom. The standard InChI is InChI=1S/C13H27N3O4/c1-4-16(9-12(19)14-11(2)3)13(20)10-15(5-7-17)6-8-18/h11,17-18H,4-10H2,1-3H3,(H,14,19). The van der Waals surface area contributed by atoms with Crippen LogP contribution in [0.1, 0.15) is 20.8 Å². The van der Waals surface area contributed by atoms with Crippen LogP contribution in [-0.2, 0) is 9.59 Å². The number of amides is 2. The Hall–Kier alpha value is -1.18. The lowest BCUT2D eigenvalue weighted by Gasteiger charge is -2.25. The monoisotopic (exact) mass is 289 g/mol. The normalized spacial score (nSPS) is 10.9. The number of rotatable bonds is 10. The van der Waals surface area contributed by atoms with Crippen LogP contribution in [0, 0.1) is 0 Å². The Kier molecular flexibility index (Phi) is 9.96. The maximum atomic E-state index is 12.1. The lowest BCUT2D eigenvalue weighted by molar-refractivity contribution is -0.137. The molecule has 118 valence electrons. The van der Waals surface area contributed by atoms with Crippen LogP contribution in [0.15, 0.2) is 0 Å². The SMILES string of the molecule is CCN(CC(=O)NC(C)C)C(=O)CN(CCO)CCO. The van der Waals surface area contributed by atoms with E-state index in [0.29, 0.717) is 19.6 Å². The summed E-state index contributed by atoms with van der Waals surface area (Å²) in [6, 6.07) is 0.0385. The molecule has 0 spiro atoms. The molecule has 0 aliphatic heterocycles. The fourth-order valence-corrected chi connectivity index (χ4v) is 1.76. The van der Waals surface area contributed by atoms with E-state index in [2.05, 4.69) is 5.32 Å². The molecule has 3 N–H and O–H groups in total. The van der Waals surface area contributed by atoms with Crippen molar-refractivity contribution < 1.29 is 19.8 Å². The van der Waals surface area contributed by atoms with E-state index in [9.17, 15) is 9.59 Å². The van der Waals surface area contributed by atoms with Crippen molar-refractivity contribution in [3.63, 3.8) is 0 Å². The van der Waals surface area contributed by atoms with Crippen molar-refractivity contribution in [2.24, 2.45) is 0 Å². The summed E-state index contributed by atoms with van der Waals surface area (Å²) >= 11 is 0. The van der Waals surface area contributed by atoms with Gasteiger partial charge in [-0.2, -0.15) is 0 Å². The van der Waals surface area contributed by atoms with Crippen LogP contribution in [0.25, 0.3) is 0 Å². The molecule has 20 heavy (non-hydrogen) atoms. The molecule has 7 heteroatoms. The highest BCUT2D eigenvalue weighted by molar-refractivity contribution is 5.85. The summed E-state index contributed by atoms with van der Waals surface area (Å²) in [4.78, 5) is 26.9. The Morgan fingerprint density at radius 3 is 2.05 bits per heavy atom. The second-order valence-electron chi connectivity index (χ2n) is 4.85. The second-order valence-corrected chi connectivity index (χ2v) is 4.85. The third-order valence-electron chi connectivity index (χ3n) is 2.71. The van der Waals surface area contributed by atoms with Gasteiger partial charge in [-0.1, -0.05) is 0 Å². The van der Waals surface area contributed by atoms with Gasteiger partial charge in [0.25, 0.3) is 0 Å². The Balaban J connectivity index is 4.40. The smallest absolute Gasteiger partial charge is 0.239 e. The molecule has 0 aromatic heterocycles. The first-order valence-electron chi connectivity index (χ1n) is 6.95. The molecule has 2 amide bonds. The van der Waals surface area contributed by atoms with Crippen LogP contribution in [0.4, 0.5) is 0 Å². The molecule has 0 atom stereocenters. The van der Waals surface area contributed by atoms with Crippen LogP contribution in [-0.4, -0.2) is 83.8 Å². The molecular formula is C13H27N3O4. The number of carbonyl (C=O) groups is 2. The predicted octanol–water partition coefficient (Wildman–Crippen LogP) is -1.35. The van der Waals surface area contributed by atoms with E-state index in [1.807, 2.05) is 20.8 Å². The highest BCUT2D eigenvalue weighted by Gasteiger charge is 2.18. The van der Waals surface area contributed by atoms with Crippen LogP contribution in [0.5, 0.6) is 0 Å². The molecule has 0 rings (SSSR count). The molecule has 0 aromatic rings. The minimum Gasteiger partial charge on any atom is -0.395 e. The number of hydrogen-bond donors (Lipinski definition) is 3. The first-order chi connectivity index (χ1) is 9.44. The van der Waals surface area contributed by atoms with Crippen molar-refractivity contribution in [3.05, 3.63) is 0 Å². The molecular weight excluding hydrogens is 262 g/mol. The van der Waals surface area contributed by atoms with Gasteiger partial charge in [0, 0.05) is 25.7 Å². The largest absolute Gasteiger partial charge is 0.395 e. The van der Waals surface area contributed by atoms with E-state index in [-0.39, 0.29) is 44.2 Å². The topological polar surface area (TPSA) is 93.1 Å². The number of nitrogens with zero attached hydrogens (tertiary/aromatic N) is 2. The third kappa shape index (κ3) is 8.08. The molecule has 0 aliphatic rings. The van der Waals surface area contributed by atoms with Gasteiger partial charge in [0.15, 0.2) is 0 Å². The summed E-state index contributed by atoms with van der Waals surface area (Å²) in [6.45, 7) is 6.58. The lowest BCUT2D eigenvalue weighted by Crippen LogP contribution is -2.47. The second kappa shape index (κ2) is 10.6. The van der Waals surface area contributed by atoms with Crippen molar-refractivity contribution >= 4 is 11.8 Å². The minimum atomic E-state index is -0.189. The zero-order valence-corrected chi connectivity index (χ0v) is 12.6. The summed E-state index contributed by atoms with van der Waals surface area (Å²) in [5.41, 5.74) is 0. The van der Waals surface area contributed by atoms with Crippen LogP contribution >= 0.6 is 0 Å². The number of carbonyl (C=O) groups excluding carboxylic acids is 2. The van der Waals surface area contributed by atoms with E-state index < -0.39 is 0 Å². The van der Waals surface area contributed by atoms with Gasteiger partial charge < -0.3 is 20.4 Å². The van der Waals surface area contributed by atoms with Gasteiger partial charge in [0.1, 0.15) is 0 Å². The molecule has 0 fully saturated rings. The molecule has 0 aliphatic carbocycles. The zero-order valence-electron chi connectivity index (χ0n) is 12.6. The number of aliphatic hydroxyl groups excluding tert-OH is 2.